The summed E-state index contributed by atoms with van der Waals surface area (Å²) in [7, 11) is 1.97. The van der Waals surface area contributed by atoms with Crippen molar-refractivity contribution in [3.8, 4) is 0 Å². The van der Waals surface area contributed by atoms with Crippen LogP contribution in [-0.2, 0) is 0 Å². The third-order valence-electron chi connectivity index (χ3n) is 4.85. The fraction of sp³-hybridized carbons (Fsp3) is 0.688. The second-order valence-electron chi connectivity index (χ2n) is 6.14. The number of anilines is 2. The zero-order valence-corrected chi connectivity index (χ0v) is 12.7. The molecule has 0 spiro atoms. The van der Waals surface area contributed by atoms with Crippen LogP contribution >= 0.6 is 0 Å². The number of fused-ring (bicyclic) bond motifs is 1. The molecular formula is C16H25N3O. The molecule has 0 saturated heterocycles. The first-order chi connectivity index (χ1) is 9.63. The van der Waals surface area contributed by atoms with Crippen molar-refractivity contribution < 1.29 is 5.11 Å². The molecule has 1 aromatic heterocycles. The zero-order chi connectivity index (χ0) is 14.3. The summed E-state index contributed by atoms with van der Waals surface area (Å²) in [5, 5.41) is 10.6. The number of aliphatic hydroxyl groups is 1. The number of aromatic nitrogens is 1. The van der Waals surface area contributed by atoms with E-state index in [0.29, 0.717) is 6.04 Å². The highest BCUT2D eigenvalue weighted by molar-refractivity contribution is 5.71. The third kappa shape index (κ3) is 2.06. The minimum atomic E-state index is -0.447. The van der Waals surface area contributed by atoms with Crippen molar-refractivity contribution in [3.05, 3.63) is 17.8 Å². The van der Waals surface area contributed by atoms with Crippen LogP contribution in [0.25, 0.3) is 0 Å². The van der Waals surface area contributed by atoms with Crippen molar-refractivity contribution in [2.75, 3.05) is 16.8 Å². The van der Waals surface area contributed by atoms with Crippen LogP contribution in [0.3, 0.4) is 0 Å². The molecular weight excluding hydrogens is 250 g/mol. The standard InChI is InChI=1S/C16H25N3O/c1-4-13-16(20)18(3)14-10-9-11(2)17-15(14)19(13)12-7-5-6-8-12/h9-10,12-13,16,20H,4-8H2,1-3H3. The lowest BCUT2D eigenvalue weighted by atomic mass is 10.0. The molecule has 2 heterocycles. The van der Waals surface area contributed by atoms with Gasteiger partial charge in [0.05, 0.1) is 11.7 Å². The summed E-state index contributed by atoms with van der Waals surface area (Å²) in [5.41, 5.74) is 2.10. The molecule has 1 aliphatic carbocycles. The highest BCUT2D eigenvalue weighted by atomic mass is 16.3. The minimum Gasteiger partial charge on any atom is -0.371 e. The third-order valence-corrected chi connectivity index (χ3v) is 4.85. The predicted octanol–water partition coefficient (Wildman–Crippen LogP) is 2.69. The Labute approximate surface area is 121 Å². The van der Waals surface area contributed by atoms with Crippen molar-refractivity contribution in [1.29, 1.82) is 0 Å². The number of pyridine rings is 1. The fourth-order valence-corrected chi connectivity index (χ4v) is 3.74. The molecule has 4 heteroatoms. The number of aliphatic hydroxyl groups excluding tert-OH is 1. The van der Waals surface area contributed by atoms with Gasteiger partial charge in [-0.1, -0.05) is 19.8 Å². The molecule has 0 radical (unpaired) electrons. The maximum Gasteiger partial charge on any atom is 0.153 e. The molecule has 4 nitrogen and oxygen atoms in total. The number of nitrogens with zero attached hydrogens (tertiary/aromatic N) is 3. The zero-order valence-electron chi connectivity index (χ0n) is 12.7. The summed E-state index contributed by atoms with van der Waals surface area (Å²) in [6.45, 7) is 4.20. The second kappa shape index (κ2) is 5.24. The summed E-state index contributed by atoms with van der Waals surface area (Å²) >= 11 is 0. The van der Waals surface area contributed by atoms with Crippen molar-refractivity contribution in [1.82, 2.24) is 4.98 Å². The number of rotatable bonds is 2. The van der Waals surface area contributed by atoms with Gasteiger partial charge in [-0.2, -0.15) is 0 Å². The van der Waals surface area contributed by atoms with Gasteiger partial charge in [-0.15, -0.1) is 0 Å². The van der Waals surface area contributed by atoms with Gasteiger partial charge in [-0.3, -0.25) is 0 Å². The molecule has 1 aliphatic heterocycles. The Bertz CT molecular complexity index is 485. The average Bonchev–Trinajstić information content (AvgIpc) is 2.96. The Hall–Kier alpha value is -1.29. The quantitative estimate of drug-likeness (QED) is 0.901. The van der Waals surface area contributed by atoms with Gasteiger partial charge >= 0.3 is 0 Å². The van der Waals surface area contributed by atoms with Gasteiger partial charge in [-0.05, 0) is 38.3 Å². The molecule has 0 aromatic carbocycles. The molecule has 1 fully saturated rings. The van der Waals surface area contributed by atoms with E-state index in [1.165, 1.54) is 25.7 Å². The van der Waals surface area contributed by atoms with Crippen LogP contribution in [0, 0.1) is 6.92 Å². The van der Waals surface area contributed by atoms with Gasteiger partial charge < -0.3 is 14.9 Å². The van der Waals surface area contributed by atoms with E-state index in [1.807, 2.05) is 24.9 Å². The molecule has 20 heavy (non-hydrogen) atoms. The van der Waals surface area contributed by atoms with Crippen molar-refractivity contribution in [2.24, 2.45) is 0 Å². The van der Waals surface area contributed by atoms with E-state index in [2.05, 4.69) is 17.9 Å². The molecule has 0 bridgehead atoms. The maximum absolute atomic E-state index is 10.6. The molecule has 1 aromatic rings. The monoisotopic (exact) mass is 275 g/mol. The first-order valence-corrected chi connectivity index (χ1v) is 7.80. The minimum absolute atomic E-state index is 0.143. The lowest BCUT2D eigenvalue weighted by Gasteiger charge is -2.48. The van der Waals surface area contributed by atoms with Crippen molar-refractivity contribution in [2.45, 2.75) is 64.3 Å². The van der Waals surface area contributed by atoms with Crippen LogP contribution in [0.5, 0.6) is 0 Å². The van der Waals surface area contributed by atoms with E-state index < -0.39 is 6.23 Å². The van der Waals surface area contributed by atoms with Gasteiger partial charge in [0.15, 0.2) is 5.82 Å². The summed E-state index contributed by atoms with van der Waals surface area (Å²) in [4.78, 5) is 9.19. The highest BCUT2D eigenvalue weighted by Crippen LogP contribution is 2.40. The highest BCUT2D eigenvalue weighted by Gasteiger charge is 2.40. The van der Waals surface area contributed by atoms with E-state index in [4.69, 9.17) is 4.98 Å². The average molecular weight is 275 g/mol. The number of hydrogen-bond acceptors (Lipinski definition) is 4. The van der Waals surface area contributed by atoms with E-state index in [0.717, 1.165) is 23.6 Å². The number of likely N-dealkylation sites (N-methyl/N-ethyl adjacent to an activating group) is 1. The van der Waals surface area contributed by atoms with E-state index in [-0.39, 0.29) is 6.04 Å². The summed E-state index contributed by atoms with van der Waals surface area (Å²) in [6.07, 6.45) is 5.54. The Morgan fingerprint density at radius 1 is 1.30 bits per heavy atom. The predicted molar refractivity (Wildman–Crippen MR) is 82.2 cm³/mol. The van der Waals surface area contributed by atoms with Gasteiger partial charge in [-0.25, -0.2) is 4.98 Å². The molecule has 3 rings (SSSR count). The molecule has 2 unspecified atom stereocenters. The lowest BCUT2D eigenvalue weighted by Crippen LogP contribution is -2.58. The van der Waals surface area contributed by atoms with E-state index in [1.54, 1.807) is 0 Å². The smallest absolute Gasteiger partial charge is 0.153 e. The first-order valence-electron chi connectivity index (χ1n) is 7.80. The van der Waals surface area contributed by atoms with Crippen LogP contribution in [0.4, 0.5) is 11.5 Å². The van der Waals surface area contributed by atoms with Crippen LogP contribution in [-0.4, -0.2) is 35.4 Å². The van der Waals surface area contributed by atoms with E-state index in [9.17, 15) is 5.11 Å². The van der Waals surface area contributed by atoms with Gasteiger partial charge in [0.2, 0.25) is 0 Å². The van der Waals surface area contributed by atoms with Gasteiger partial charge in [0.25, 0.3) is 0 Å². The molecule has 110 valence electrons. The van der Waals surface area contributed by atoms with Crippen molar-refractivity contribution in [3.63, 3.8) is 0 Å². The van der Waals surface area contributed by atoms with Gasteiger partial charge in [0, 0.05) is 18.8 Å². The van der Waals surface area contributed by atoms with Crippen molar-refractivity contribution >= 4 is 11.5 Å². The molecule has 0 amide bonds. The van der Waals surface area contributed by atoms with Gasteiger partial charge in [0.1, 0.15) is 6.23 Å². The fourth-order valence-electron chi connectivity index (χ4n) is 3.74. The molecule has 2 atom stereocenters. The van der Waals surface area contributed by atoms with Crippen LogP contribution < -0.4 is 9.80 Å². The summed E-state index contributed by atoms with van der Waals surface area (Å²) in [6, 6.07) is 4.80. The largest absolute Gasteiger partial charge is 0.371 e. The van der Waals surface area contributed by atoms with Crippen LogP contribution in [0.1, 0.15) is 44.7 Å². The first kappa shape index (κ1) is 13.7. The SMILES string of the molecule is CCC1C(O)N(C)c2ccc(C)nc2N1C1CCCC1. The topological polar surface area (TPSA) is 39.6 Å². The Balaban J connectivity index is 2.08. The normalized spacial score (nSPS) is 27.0. The van der Waals surface area contributed by atoms with E-state index >= 15 is 0 Å². The maximum atomic E-state index is 10.6. The molecule has 1 N–H and O–H groups in total. The summed E-state index contributed by atoms with van der Waals surface area (Å²) < 4.78 is 0. The lowest BCUT2D eigenvalue weighted by molar-refractivity contribution is 0.128. The summed E-state index contributed by atoms with van der Waals surface area (Å²) in [5.74, 6) is 1.07. The number of hydrogen-bond donors (Lipinski definition) is 1. The second-order valence-corrected chi connectivity index (χ2v) is 6.14. The Morgan fingerprint density at radius 3 is 2.65 bits per heavy atom. The Kier molecular flexibility index (Phi) is 3.59. The molecule has 2 aliphatic rings. The molecule has 1 saturated carbocycles. The number of aryl methyl sites for hydroxylation is 1. The van der Waals surface area contributed by atoms with Crippen LogP contribution in [0.2, 0.25) is 0 Å². The van der Waals surface area contributed by atoms with Crippen LogP contribution in [0.15, 0.2) is 12.1 Å². The Morgan fingerprint density at radius 2 is 2.00 bits per heavy atom.